The van der Waals surface area contributed by atoms with Crippen molar-refractivity contribution in [1.29, 1.82) is 0 Å². The van der Waals surface area contributed by atoms with Gasteiger partial charge in [-0.3, -0.25) is 9.59 Å². The van der Waals surface area contributed by atoms with Crippen LogP contribution < -0.4 is 15.8 Å². The third-order valence-corrected chi connectivity index (χ3v) is 5.75. The second kappa shape index (κ2) is 7.48. The SMILES string of the molecule is Cn1nc(N2CCCCC2CNC(=O)c2ccc3ncsc3c2)ccc1=O. The lowest BCUT2D eigenvalue weighted by Gasteiger charge is -2.36. The van der Waals surface area contributed by atoms with E-state index in [1.165, 1.54) is 22.1 Å². The van der Waals surface area contributed by atoms with E-state index in [0.29, 0.717) is 12.1 Å². The molecule has 7 nitrogen and oxygen atoms in total. The smallest absolute Gasteiger partial charge is 0.266 e. The fourth-order valence-corrected chi connectivity index (χ4v) is 4.18. The number of thiazole rings is 1. The zero-order valence-electron chi connectivity index (χ0n) is 15.1. The number of aromatic nitrogens is 3. The summed E-state index contributed by atoms with van der Waals surface area (Å²) in [5.41, 5.74) is 3.22. The molecule has 8 heteroatoms. The van der Waals surface area contributed by atoms with Gasteiger partial charge in [-0.15, -0.1) is 11.3 Å². The summed E-state index contributed by atoms with van der Waals surface area (Å²) in [5, 5.41) is 7.43. The van der Waals surface area contributed by atoms with Gasteiger partial charge in [0.05, 0.1) is 15.7 Å². The standard InChI is InChI=1S/C19H21N5O2S/c1-23-18(25)8-7-17(22-23)24-9-3-2-4-14(24)11-20-19(26)13-5-6-15-16(10-13)27-12-21-15/h5-8,10,12,14H,2-4,9,11H2,1H3,(H,20,26). The van der Waals surface area contributed by atoms with Crippen LogP contribution in [0.2, 0.25) is 0 Å². The van der Waals surface area contributed by atoms with Gasteiger partial charge in [0.25, 0.3) is 11.5 Å². The van der Waals surface area contributed by atoms with Gasteiger partial charge < -0.3 is 10.2 Å². The van der Waals surface area contributed by atoms with Crippen molar-refractivity contribution in [3.05, 3.63) is 51.8 Å². The van der Waals surface area contributed by atoms with Crippen molar-refractivity contribution in [3.8, 4) is 0 Å². The van der Waals surface area contributed by atoms with E-state index < -0.39 is 0 Å². The Morgan fingerprint density at radius 3 is 3.04 bits per heavy atom. The van der Waals surface area contributed by atoms with Crippen molar-refractivity contribution in [1.82, 2.24) is 20.1 Å². The fourth-order valence-electron chi connectivity index (χ4n) is 3.47. The predicted molar refractivity (Wildman–Crippen MR) is 106 cm³/mol. The number of amides is 1. The molecule has 1 aliphatic rings. The van der Waals surface area contributed by atoms with Crippen LogP contribution in [-0.4, -0.2) is 39.8 Å². The van der Waals surface area contributed by atoms with Crippen molar-refractivity contribution in [2.24, 2.45) is 7.05 Å². The van der Waals surface area contributed by atoms with Gasteiger partial charge in [0, 0.05) is 37.8 Å². The maximum atomic E-state index is 12.6. The second-order valence-corrected chi connectivity index (χ2v) is 7.63. The van der Waals surface area contributed by atoms with Crippen LogP contribution in [0.1, 0.15) is 29.6 Å². The second-order valence-electron chi connectivity index (χ2n) is 6.74. The van der Waals surface area contributed by atoms with E-state index in [1.54, 1.807) is 18.6 Å². The average molecular weight is 383 g/mol. The largest absolute Gasteiger partial charge is 0.350 e. The van der Waals surface area contributed by atoms with E-state index in [1.807, 2.05) is 18.2 Å². The Morgan fingerprint density at radius 2 is 2.19 bits per heavy atom. The summed E-state index contributed by atoms with van der Waals surface area (Å²) in [4.78, 5) is 30.6. The van der Waals surface area contributed by atoms with E-state index in [0.717, 1.165) is 41.8 Å². The van der Waals surface area contributed by atoms with Gasteiger partial charge in [0.1, 0.15) is 5.82 Å². The van der Waals surface area contributed by atoms with E-state index in [-0.39, 0.29) is 17.5 Å². The Labute approximate surface area is 160 Å². The van der Waals surface area contributed by atoms with Crippen LogP contribution in [0.15, 0.2) is 40.6 Å². The molecule has 27 heavy (non-hydrogen) atoms. The summed E-state index contributed by atoms with van der Waals surface area (Å²) in [6.07, 6.45) is 3.19. The highest BCUT2D eigenvalue weighted by molar-refractivity contribution is 7.16. The topological polar surface area (TPSA) is 80.1 Å². The fraction of sp³-hybridized carbons (Fsp3) is 0.368. The van der Waals surface area contributed by atoms with Crippen molar-refractivity contribution < 1.29 is 4.79 Å². The van der Waals surface area contributed by atoms with Gasteiger partial charge in [-0.25, -0.2) is 9.67 Å². The summed E-state index contributed by atoms with van der Waals surface area (Å²) < 4.78 is 2.36. The van der Waals surface area contributed by atoms with Gasteiger partial charge in [-0.1, -0.05) is 0 Å². The molecule has 0 radical (unpaired) electrons. The van der Waals surface area contributed by atoms with Crippen LogP contribution in [0.25, 0.3) is 10.2 Å². The van der Waals surface area contributed by atoms with Gasteiger partial charge >= 0.3 is 0 Å². The number of anilines is 1. The molecule has 0 saturated carbocycles. The number of hydrogen-bond acceptors (Lipinski definition) is 6. The Balaban J connectivity index is 1.47. The molecule has 3 aromatic rings. The number of carbonyl (C=O) groups is 1. The number of nitrogens with one attached hydrogen (secondary N) is 1. The van der Waals surface area contributed by atoms with Crippen LogP contribution in [0.3, 0.4) is 0 Å². The molecule has 2 aromatic heterocycles. The normalized spacial score (nSPS) is 17.2. The number of rotatable bonds is 4. The Bertz CT molecular complexity index is 1030. The molecule has 1 amide bonds. The monoisotopic (exact) mass is 383 g/mol. The number of fused-ring (bicyclic) bond motifs is 1. The number of hydrogen-bond donors (Lipinski definition) is 1. The van der Waals surface area contributed by atoms with E-state index in [9.17, 15) is 9.59 Å². The van der Waals surface area contributed by atoms with Crippen molar-refractivity contribution >= 4 is 33.3 Å². The molecule has 3 heterocycles. The van der Waals surface area contributed by atoms with Crippen LogP contribution >= 0.6 is 11.3 Å². The van der Waals surface area contributed by atoms with Gasteiger partial charge in [0.2, 0.25) is 0 Å². The van der Waals surface area contributed by atoms with E-state index >= 15 is 0 Å². The Kier molecular flexibility index (Phi) is 4.89. The number of piperidine rings is 1. The number of benzene rings is 1. The molecular formula is C19H21N5O2S. The molecule has 1 aliphatic heterocycles. The van der Waals surface area contributed by atoms with Crippen molar-refractivity contribution in [2.45, 2.75) is 25.3 Å². The Morgan fingerprint density at radius 1 is 1.30 bits per heavy atom. The first-order chi connectivity index (χ1) is 13.1. The quantitative estimate of drug-likeness (QED) is 0.747. The van der Waals surface area contributed by atoms with Gasteiger partial charge in [0.15, 0.2) is 0 Å². The molecule has 1 N–H and O–H groups in total. The average Bonchev–Trinajstić information content (AvgIpc) is 3.16. The lowest BCUT2D eigenvalue weighted by atomic mass is 10.0. The molecule has 1 fully saturated rings. The summed E-state index contributed by atoms with van der Waals surface area (Å²) in [7, 11) is 1.65. The first-order valence-corrected chi connectivity index (χ1v) is 9.92. The molecule has 0 bridgehead atoms. The molecule has 0 aliphatic carbocycles. The lowest BCUT2D eigenvalue weighted by molar-refractivity contribution is 0.0949. The van der Waals surface area contributed by atoms with Crippen LogP contribution in [0.4, 0.5) is 5.82 Å². The summed E-state index contributed by atoms with van der Waals surface area (Å²) in [6.45, 7) is 1.42. The summed E-state index contributed by atoms with van der Waals surface area (Å²) in [5.74, 6) is 0.700. The molecule has 1 saturated heterocycles. The molecule has 140 valence electrons. The molecular weight excluding hydrogens is 362 g/mol. The first kappa shape index (κ1) is 17.7. The van der Waals surface area contributed by atoms with Crippen molar-refractivity contribution in [3.63, 3.8) is 0 Å². The van der Waals surface area contributed by atoms with E-state index in [4.69, 9.17) is 0 Å². The first-order valence-electron chi connectivity index (χ1n) is 9.04. The van der Waals surface area contributed by atoms with Gasteiger partial charge in [-0.05, 0) is 43.5 Å². The molecule has 1 aromatic carbocycles. The number of aryl methyl sites for hydroxylation is 1. The number of carbonyl (C=O) groups excluding carboxylic acids is 1. The minimum atomic E-state index is -0.126. The minimum absolute atomic E-state index is 0.0794. The van der Waals surface area contributed by atoms with Crippen LogP contribution in [-0.2, 0) is 7.05 Å². The molecule has 4 rings (SSSR count). The van der Waals surface area contributed by atoms with Gasteiger partial charge in [-0.2, -0.15) is 5.10 Å². The summed E-state index contributed by atoms with van der Waals surface area (Å²) >= 11 is 1.53. The van der Waals surface area contributed by atoms with Crippen LogP contribution in [0.5, 0.6) is 0 Å². The van der Waals surface area contributed by atoms with Crippen molar-refractivity contribution in [2.75, 3.05) is 18.0 Å². The molecule has 1 atom stereocenters. The maximum absolute atomic E-state index is 12.6. The lowest BCUT2D eigenvalue weighted by Crippen LogP contribution is -2.47. The highest BCUT2D eigenvalue weighted by Gasteiger charge is 2.24. The zero-order chi connectivity index (χ0) is 18.8. The highest BCUT2D eigenvalue weighted by atomic mass is 32.1. The Hall–Kier alpha value is -2.74. The third kappa shape index (κ3) is 3.71. The number of nitrogens with zero attached hydrogens (tertiary/aromatic N) is 4. The molecule has 1 unspecified atom stereocenters. The highest BCUT2D eigenvalue weighted by Crippen LogP contribution is 2.22. The van der Waals surface area contributed by atoms with E-state index in [2.05, 4.69) is 20.3 Å². The maximum Gasteiger partial charge on any atom is 0.266 e. The third-order valence-electron chi connectivity index (χ3n) is 4.96. The minimum Gasteiger partial charge on any atom is -0.350 e. The summed E-state index contributed by atoms with van der Waals surface area (Å²) in [6, 6.07) is 9.04. The predicted octanol–water partition coefficient (Wildman–Crippen LogP) is 2.18. The zero-order valence-corrected chi connectivity index (χ0v) is 15.9. The van der Waals surface area contributed by atoms with Crippen LogP contribution in [0, 0.1) is 0 Å². The molecule has 0 spiro atoms.